The van der Waals surface area contributed by atoms with Gasteiger partial charge in [0.1, 0.15) is 5.84 Å². The van der Waals surface area contributed by atoms with Gasteiger partial charge in [-0.15, -0.1) is 0 Å². The van der Waals surface area contributed by atoms with Gasteiger partial charge < -0.3 is 10.6 Å². The van der Waals surface area contributed by atoms with Crippen LogP contribution in [0, 0.1) is 5.41 Å². The molecule has 0 heterocycles. The molecule has 0 aliphatic rings. The lowest BCUT2D eigenvalue weighted by Crippen LogP contribution is -2.15. The molecule has 0 unspecified atom stereocenters. The van der Waals surface area contributed by atoms with Gasteiger partial charge in [-0.25, -0.2) is 0 Å². The molecule has 0 aliphatic carbocycles. The quantitative estimate of drug-likeness (QED) is 0.402. The number of benzene rings is 1. The van der Waals surface area contributed by atoms with Crippen LogP contribution in [-0.4, -0.2) is 19.3 Å². The summed E-state index contributed by atoms with van der Waals surface area (Å²) in [7, 11) is 1.66. The van der Waals surface area contributed by atoms with Crippen LogP contribution in [0.5, 0.6) is 0 Å². The zero-order chi connectivity index (χ0) is 9.84. The van der Waals surface area contributed by atoms with Gasteiger partial charge in [0, 0.05) is 18.3 Å². The van der Waals surface area contributed by atoms with Crippen LogP contribution < -0.4 is 10.6 Å². The molecule has 0 radical (unpaired) electrons. The summed E-state index contributed by atoms with van der Waals surface area (Å²) in [5.41, 5.74) is 6.71. The van der Waals surface area contributed by atoms with Crippen LogP contribution in [0.3, 0.4) is 0 Å². The summed E-state index contributed by atoms with van der Waals surface area (Å²) >= 11 is 0. The first-order valence-electron chi connectivity index (χ1n) is 3.77. The van der Waals surface area contributed by atoms with E-state index in [9.17, 15) is 4.79 Å². The third kappa shape index (κ3) is 2.05. The third-order valence-corrected chi connectivity index (χ3v) is 1.74. The van der Waals surface area contributed by atoms with Crippen molar-refractivity contribution in [2.24, 2.45) is 5.73 Å². The summed E-state index contributed by atoms with van der Waals surface area (Å²) in [5, 5.41) is 7.15. The molecule has 0 aliphatic heterocycles. The van der Waals surface area contributed by atoms with Crippen molar-refractivity contribution in [3.63, 3.8) is 0 Å². The minimum Gasteiger partial charge on any atom is -0.384 e. The van der Waals surface area contributed by atoms with Crippen LogP contribution in [-0.2, 0) is 4.79 Å². The normalized spacial score (nSPS) is 9.31. The Hall–Kier alpha value is -1.84. The van der Waals surface area contributed by atoms with Gasteiger partial charge in [-0.05, 0) is 24.3 Å². The number of carbonyl (C=O) groups excluding carboxylic acids is 1. The van der Waals surface area contributed by atoms with Crippen molar-refractivity contribution in [1.82, 2.24) is 0 Å². The van der Waals surface area contributed by atoms with Crippen molar-refractivity contribution in [2.75, 3.05) is 11.9 Å². The first-order chi connectivity index (χ1) is 6.15. The number of nitrogens with two attached hydrogens (primary N) is 1. The summed E-state index contributed by atoms with van der Waals surface area (Å²) in [4.78, 5) is 11.8. The van der Waals surface area contributed by atoms with Crippen LogP contribution in [0.2, 0.25) is 0 Å². The van der Waals surface area contributed by atoms with Gasteiger partial charge in [0.25, 0.3) is 0 Å². The molecule has 4 nitrogen and oxygen atoms in total. The van der Waals surface area contributed by atoms with Crippen LogP contribution in [0.4, 0.5) is 5.69 Å². The highest BCUT2D eigenvalue weighted by Crippen LogP contribution is 2.11. The Morgan fingerprint density at radius 2 is 2.00 bits per heavy atom. The Morgan fingerprint density at radius 3 is 2.38 bits per heavy atom. The topological polar surface area (TPSA) is 70.2 Å². The van der Waals surface area contributed by atoms with Crippen molar-refractivity contribution in [3.05, 3.63) is 29.8 Å². The molecule has 1 aromatic carbocycles. The van der Waals surface area contributed by atoms with Gasteiger partial charge in [-0.3, -0.25) is 10.2 Å². The number of nitrogens with one attached hydrogen (secondary N) is 1. The molecule has 0 saturated carbocycles. The molecule has 0 atom stereocenters. The van der Waals surface area contributed by atoms with E-state index >= 15 is 0 Å². The first kappa shape index (κ1) is 9.25. The van der Waals surface area contributed by atoms with E-state index < -0.39 is 0 Å². The minimum atomic E-state index is 0.0281. The van der Waals surface area contributed by atoms with E-state index in [1.807, 2.05) is 0 Å². The van der Waals surface area contributed by atoms with Crippen molar-refractivity contribution in [2.45, 2.75) is 0 Å². The maximum absolute atomic E-state index is 10.4. The second-order valence-electron chi connectivity index (χ2n) is 2.68. The Labute approximate surface area is 76.5 Å². The highest BCUT2D eigenvalue weighted by Gasteiger charge is 1.99. The fraction of sp³-hybridized carbons (Fsp3) is 0.111. The molecule has 3 N–H and O–H groups in total. The highest BCUT2D eigenvalue weighted by atomic mass is 16.1. The second-order valence-corrected chi connectivity index (χ2v) is 2.68. The number of nitrogens with zero attached hydrogens (tertiary/aromatic N) is 1. The Balaban J connectivity index is 2.93. The molecule has 0 aromatic heterocycles. The molecular weight excluding hydrogens is 166 g/mol. The van der Waals surface area contributed by atoms with Crippen LogP contribution in [0.25, 0.3) is 0 Å². The molecule has 0 fully saturated rings. The zero-order valence-electron chi connectivity index (χ0n) is 7.32. The molecule has 1 aromatic rings. The fourth-order valence-electron chi connectivity index (χ4n) is 0.937. The number of amides is 1. The van der Waals surface area contributed by atoms with E-state index in [2.05, 4.69) is 0 Å². The molecule has 0 bridgehead atoms. The number of hydrogen-bond donors (Lipinski definition) is 2. The number of carbonyl (C=O) groups is 1. The number of amidine groups is 1. The fourth-order valence-corrected chi connectivity index (χ4v) is 0.937. The monoisotopic (exact) mass is 177 g/mol. The van der Waals surface area contributed by atoms with E-state index in [4.69, 9.17) is 11.1 Å². The van der Waals surface area contributed by atoms with Crippen molar-refractivity contribution in [1.29, 1.82) is 5.41 Å². The minimum absolute atomic E-state index is 0.0281. The summed E-state index contributed by atoms with van der Waals surface area (Å²) in [6, 6.07) is 6.89. The summed E-state index contributed by atoms with van der Waals surface area (Å²) in [5.74, 6) is 0.0281. The molecule has 1 rings (SSSR count). The van der Waals surface area contributed by atoms with E-state index in [1.54, 1.807) is 31.3 Å². The molecule has 1 amide bonds. The number of rotatable bonds is 3. The maximum Gasteiger partial charge on any atom is 0.213 e. The van der Waals surface area contributed by atoms with Gasteiger partial charge in [-0.1, -0.05) is 0 Å². The Kier molecular flexibility index (Phi) is 2.64. The molecule has 13 heavy (non-hydrogen) atoms. The smallest absolute Gasteiger partial charge is 0.213 e. The molecular formula is C9H11N3O. The Morgan fingerprint density at radius 1 is 1.46 bits per heavy atom. The average Bonchev–Trinajstić information content (AvgIpc) is 2.17. The summed E-state index contributed by atoms with van der Waals surface area (Å²) in [6.45, 7) is 0. The van der Waals surface area contributed by atoms with Crippen LogP contribution in [0.1, 0.15) is 5.56 Å². The third-order valence-electron chi connectivity index (χ3n) is 1.74. The molecule has 0 spiro atoms. The van der Waals surface area contributed by atoms with E-state index in [0.717, 1.165) is 12.1 Å². The maximum atomic E-state index is 10.4. The van der Waals surface area contributed by atoms with Gasteiger partial charge >= 0.3 is 0 Å². The zero-order valence-corrected chi connectivity index (χ0v) is 7.32. The SMILES string of the molecule is CN(C=O)c1ccc(C(=N)N)cc1. The molecule has 4 heteroatoms. The summed E-state index contributed by atoms with van der Waals surface area (Å²) < 4.78 is 0. The summed E-state index contributed by atoms with van der Waals surface area (Å²) in [6.07, 6.45) is 0.725. The van der Waals surface area contributed by atoms with Gasteiger partial charge in [0.15, 0.2) is 0 Å². The predicted molar refractivity (Wildman–Crippen MR) is 51.9 cm³/mol. The van der Waals surface area contributed by atoms with E-state index in [0.29, 0.717) is 5.56 Å². The number of nitrogen functional groups attached to an aromatic ring is 1. The standard InChI is InChI=1S/C9H11N3O/c1-12(6-13)8-4-2-7(3-5-8)9(10)11/h2-6H,1H3,(H3,10,11). The highest BCUT2D eigenvalue weighted by molar-refractivity contribution is 5.95. The molecule has 68 valence electrons. The van der Waals surface area contributed by atoms with Crippen LogP contribution in [0.15, 0.2) is 24.3 Å². The lowest BCUT2D eigenvalue weighted by molar-refractivity contribution is -0.107. The Bertz CT molecular complexity index is 318. The number of hydrogen-bond acceptors (Lipinski definition) is 2. The lowest BCUT2D eigenvalue weighted by Gasteiger charge is -2.10. The van der Waals surface area contributed by atoms with Crippen molar-refractivity contribution in [3.8, 4) is 0 Å². The molecule has 0 saturated heterocycles. The van der Waals surface area contributed by atoms with Crippen LogP contribution >= 0.6 is 0 Å². The van der Waals surface area contributed by atoms with Gasteiger partial charge in [0.05, 0.1) is 0 Å². The largest absolute Gasteiger partial charge is 0.384 e. The van der Waals surface area contributed by atoms with Crippen molar-refractivity contribution < 1.29 is 4.79 Å². The van der Waals surface area contributed by atoms with Gasteiger partial charge in [-0.2, -0.15) is 0 Å². The van der Waals surface area contributed by atoms with Crippen molar-refractivity contribution >= 4 is 17.9 Å². The van der Waals surface area contributed by atoms with E-state index in [1.165, 1.54) is 4.90 Å². The average molecular weight is 177 g/mol. The lowest BCUT2D eigenvalue weighted by atomic mass is 10.2. The second kappa shape index (κ2) is 3.71. The first-order valence-corrected chi connectivity index (χ1v) is 3.77. The van der Waals surface area contributed by atoms with Gasteiger partial charge in [0.2, 0.25) is 6.41 Å². The number of anilines is 1. The van der Waals surface area contributed by atoms with E-state index in [-0.39, 0.29) is 5.84 Å². The predicted octanol–water partition coefficient (Wildman–Crippen LogP) is 0.563.